The molecule has 0 aliphatic heterocycles. The molecule has 0 aliphatic carbocycles. The molecular weight excluding hydrogens is 280 g/mol. The average Bonchev–Trinajstić information content (AvgIpc) is 2.48. The van der Waals surface area contributed by atoms with Crippen molar-refractivity contribution in [3.05, 3.63) is 29.8 Å². The Balaban J connectivity index is 2.37. The summed E-state index contributed by atoms with van der Waals surface area (Å²) in [6.45, 7) is 7.65. The highest BCUT2D eigenvalue weighted by atomic mass is 16.5. The quantitative estimate of drug-likeness (QED) is 0.600. The number of ether oxygens (including phenoxy) is 1. The van der Waals surface area contributed by atoms with Crippen LogP contribution in [0.15, 0.2) is 24.3 Å². The molecule has 0 radical (unpaired) electrons. The first-order chi connectivity index (χ1) is 10.3. The molecule has 1 rings (SSSR count). The summed E-state index contributed by atoms with van der Waals surface area (Å²) < 4.78 is 4.50. The van der Waals surface area contributed by atoms with Gasteiger partial charge in [-0.15, -0.1) is 0 Å². The van der Waals surface area contributed by atoms with Gasteiger partial charge in [-0.3, -0.25) is 9.59 Å². The third-order valence-electron chi connectivity index (χ3n) is 3.28. The first kappa shape index (κ1) is 18.0. The summed E-state index contributed by atoms with van der Waals surface area (Å²) >= 11 is 0. The minimum atomic E-state index is -0.368. The Morgan fingerprint density at radius 1 is 1.09 bits per heavy atom. The highest BCUT2D eigenvalue weighted by Gasteiger charge is 2.16. The van der Waals surface area contributed by atoms with Crippen LogP contribution < -0.4 is 10.6 Å². The van der Waals surface area contributed by atoms with E-state index in [0.717, 1.165) is 5.69 Å². The van der Waals surface area contributed by atoms with E-state index in [-0.39, 0.29) is 30.1 Å². The van der Waals surface area contributed by atoms with Gasteiger partial charge in [-0.2, -0.15) is 0 Å². The van der Waals surface area contributed by atoms with Gasteiger partial charge in [0.2, 0.25) is 5.91 Å². The van der Waals surface area contributed by atoms with Crippen LogP contribution in [-0.2, 0) is 19.7 Å². The molecule has 0 fully saturated rings. The third kappa shape index (κ3) is 6.16. The minimum Gasteiger partial charge on any atom is -0.469 e. The number of carbonyl (C=O) groups is 2. The molecule has 122 valence electrons. The Morgan fingerprint density at radius 2 is 1.77 bits per heavy atom. The first-order valence-electron chi connectivity index (χ1n) is 7.51. The van der Waals surface area contributed by atoms with Crippen LogP contribution in [-0.4, -0.2) is 32.1 Å². The molecule has 1 aromatic carbocycles. The van der Waals surface area contributed by atoms with E-state index in [4.69, 9.17) is 0 Å². The molecule has 5 nitrogen and oxygen atoms in total. The highest BCUT2D eigenvalue weighted by Crippen LogP contribution is 2.28. The number of para-hydroxylation sites is 1. The lowest BCUT2D eigenvalue weighted by molar-refractivity contribution is -0.142. The van der Waals surface area contributed by atoms with Gasteiger partial charge >= 0.3 is 5.97 Å². The summed E-state index contributed by atoms with van der Waals surface area (Å²) in [5.74, 6) is -0.510. The van der Waals surface area contributed by atoms with Crippen molar-refractivity contribution >= 4 is 17.6 Å². The third-order valence-corrected chi connectivity index (χ3v) is 3.28. The SMILES string of the molecule is COC(=O)CCC(=O)NCCNc1ccccc1C(C)(C)C. The molecule has 5 heteroatoms. The van der Waals surface area contributed by atoms with Crippen LogP contribution in [0.3, 0.4) is 0 Å². The van der Waals surface area contributed by atoms with Gasteiger partial charge in [0.25, 0.3) is 0 Å². The smallest absolute Gasteiger partial charge is 0.306 e. The molecule has 0 saturated carbocycles. The molecule has 0 saturated heterocycles. The summed E-state index contributed by atoms with van der Waals surface area (Å²) in [6, 6.07) is 8.17. The van der Waals surface area contributed by atoms with Gasteiger partial charge in [0.15, 0.2) is 0 Å². The lowest BCUT2D eigenvalue weighted by atomic mass is 9.86. The molecule has 0 aliphatic rings. The van der Waals surface area contributed by atoms with Crippen molar-refractivity contribution in [2.24, 2.45) is 0 Å². The van der Waals surface area contributed by atoms with Crippen molar-refractivity contribution in [2.45, 2.75) is 39.0 Å². The number of esters is 1. The maximum absolute atomic E-state index is 11.6. The molecule has 1 aromatic rings. The zero-order valence-electron chi connectivity index (χ0n) is 13.9. The molecule has 1 amide bonds. The van der Waals surface area contributed by atoms with Crippen LogP contribution >= 0.6 is 0 Å². The Bertz CT molecular complexity index is 507. The van der Waals surface area contributed by atoms with E-state index in [1.165, 1.54) is 12.7 Å². The average molecular weight is 306 g/mol. The maximum Gasteiger partial charge on any atom is 0.306 e. The number of amides is 1. The summed E-state index contributed by atoms with van der Waals surface area (Å²) in [6.07, 6.45) is 0.272. The van der Waals surface area contributed by atoms with E-state index >= 15 is 0 Å². The molecule has 0 bridgehead atoms. The van der Waals surface area contributed by atoms with Crippen LogP contribution in [0.5, 0.6) is 0 Å². The fourth-order valence-electron chi connectivity index (χ4n) is 2.10. The number of rotatable bonds is 7. The van der Waals surface area contributed by atoms with Crippen LogP contribution in [0.2, 0.25) is 0 Å². The zero-order valence-corrected chi connectivity index (χ0v) is 13.9. The second kappa shape index (κ2) is 8.41. The van der Waals surface area contributed by atoms with Crippen LogP contribution in [0.4, 0.5) is 5.69 Å². The van der Waals surface area contributed by atoms with Gasteiger partial charge in [0, 0.05) is 25.2 Å². The van der Waals surface area contributed by atoms with Gasteiger partial charge in [0.1, 0.15) is 0 Å². The molecule has 2 N–H and O–H groups in total. The minimum absolute atomic E-state index is 0.0629. The molecule has 0 heterocycles. The molecule has 0 spiro atoms. The Morgan fingerprint density at radius 3 is 2.41 bits per heavy atom. The van der Waals surface area contributed by atoms with Crippen molar-refractivity contribution < 1.29 is 14.3 Å². The van der Waals surface area contributed by atoms with E-state index in [1.807, 2.05) is 18.2 Å². The number of hydrogen-bond donors (Lipinski definition) is 2. The second-order valence-electron chi connectivity index (χ2n) is 6.15. The van der Waals surface area contributed by atoms with Gasteiger partial charge in [-0.05, 0) is 17.0 Å². The van der Waals surface area contributed by atoms with Crippen molar-refractivity contribution in [3.8, 4) is 0 Å². The van der Waals surface area contributed by atoms with Crippen molar-refractivity contribution in [2.75, 3.05) is 25.5 Å². The highest BCUT2D eigenvalue weighted by molar-refractivity contribution is 5.81. The van der Waals surface area contributed by atoms with Crippen molar-refractivity contribution in [1.82, 2.24) is 5.32 Å². The number of benzene rings is 1. The Labute approximate surface area is 132 Å². The monoisotopic (exact) mass is 306 g/mol. The molecule has 0 atom stereocenters. The number of methoxy groups -OCH3 is 1. The van der Waals surface area contributed by atoms with Gasteiger partial charge < -0.3 is 15.4 Å². The number of carbonyl (C=O) groups excluding carboxylic acids is 2. The zero-order chi connectivity index (χ0) is 16.6. The first-order valence-corrected chi connectivity index (χ1v) is 7.51. The summed E-state index contributed by atoms with van der Waals surface area (Å²) in [5.41, 5.74) is 2.39. The molecule has 0 unspecified atom stereocenters. The van der Waals surface area contributed by atoms with Crippen LogP contribution in [0.25, 0.3) is 0 Å². The van der Waals surface area contributed by atoms with Crippen LogP contribution in [0, 0.1) is 0 Å². The maximum atomic E-state index is 11.6. The van der Waals surface area contributed by atoms with Gasteiger partial charge in [0.05, 0.1) is 13.5 Å². The topological polar surface area (TPSA) is 67.4 Å². The molecule has 0 aromatic heterocycles. The fourth-order valence-corrected chi connectivity index (χ4v) is 2.10. The van der Waals surface area contributed by atoms with Crippen molar-refractivity contribution in [1.29, 1.82) is 0 Å². The molecule has 22 heavy (non-hydrogen) atoms. The van der Waals surface area contributed by atoms with Crippen LogP contribution in [0.1, 0.15) is 39.2 Å². The van der Waals surface area contributed by atoms with E-state index in [2.05, 4.69) is 42.2 Å². The van der Waals surface area contributed by atoms with Gasteiger partial charge in [-0.25, -0.2) is 0 Å². The lowest BCUT2D eigenvalue weighted by Gasteiger charge is -2.23. The Hall–Kier alpha value is -2.04. The summed E-state index contributed by atoms with van der Waals surface area (Å²) in [7, 11) is 1.32. The number of hydrogen-bond acceptors (Lipinski definition) is 4. The Kier molecular flexibility index (Phi) is 6.89. The molecular formula is C17H26N2O3. The largest absolute Gasteiger partial charge is 0.469 e. The van der Waals surface area contributed by atoms with Gasteiger partial charge in [-0.1, -0.05) is 39.0 Å². The van der Waals surface area contributed by atoms with E-state index in [9.17, 15) is 9.59 Å². The fraction of sp³-hybridized carbons (Fsp3) is 0.529. The predicted molar refractivity (Wildman–Crippen MR) is 87.9 cm³/mol. The van der Waals surface area contributed by atoms with E-state index in [1.54, 1.807) is 0 Å². The second-order valence-corrected chi connectivity index (χ2v) is 6.15. The summed E-state index contributed by atoms with van der Waals surface area (Å²) in [4.78, 5) is 22.5. The lowest BCUT2D eigenvalue weighted by Crippen LogP contribution is -2.29. The van der Waals surface area contributed by atoms with E-state index in [0.29, 0.717) is 13.1 Å². The number of nitrogens with one attached hydrogen (secondary N) is 2. The van der Waals surface area contributed by atoms with E-state index < -0.39 is 0 Å². The summed E-state index contributed by atoms with van der Waals surface area (Å²) in [5, 5.41) is 6.13. The standard InChI is InChI=1S/C17H26N2O3/c1-17(2,3)13-7-5-6-8-14(13)18-11-12-19-15(20)9-10-16(21)22-4/h5-8,18H,9-12H2,1-4H3,(H,19,20). The predicted octanol–water partition coefficient (Wildman–Crippen LogP) is 2.47. The normalized spacial score (nSPS) is 10.9. The van der Waals surface area contributed by atoms with Crippen molar-refractivity contribution in [3.63, 3.8) is 0 Å². The number of anilines is 1.